The highest BCUT2D eigenvalue weighted by molar-refractivity contribution is 6.35. The van der Waals surface area contributed by atoms with Gasteiger partial charge in [0.15, 0.2) is 0 Å². The van der Waals surface area contributed by atoms with E-state index in [0.717, 1.165) is 0 Å². The number of ether oxygens (including phenoxy) is 2. The Hall–Kier alpha value is -2.69. The molecule has 3 aromatic carbocycles. The molecule has 1 N–H and O–H groups in total. The number of halogens is 2. The average molecular weight is 416 g/mol. The van der Waals surface area contributed by atoms with E-state index in [1.807, 2.05) is 49.4 Å². The van der Waals surface area contributed by atoms with Crippen molar-refractivity contribution in [2.45, 2.75) is 13.0 Å². The molecule has 6 heteroatoms. The summed E-state index contributed by atoms with van der Waals surface area (Å²) in [5.74, 6) is 0.618. The first kappa shape index (κ1) is 20.1. The van der Waals surface area contributed by atoms with Crippen LogP contribution < -0.4 is 14.8 Å². The largest absolute Gasteiger partial charge is 0.492 e. The van der Waals surface area contributed by atoms with Gasteiger partial charge in [-0.1, -0.05) is 65.7 Å². The van der Waals surface area contributed by atoms with Crippen LogP contribution in [-0.4, -0.2) is 12.5 Å². The van der Waals surface area contributed by atoms with E-state index in [9.17, 15) is 4.79 Å². The van der Waals surface area contributed by atoms with E-state index in [1.54, 1.807) is 30.3 Å². The maximum absolute atomic E-state index is 13.1. The van der Waals surface area contributed by atoms with E-state index < -0.39 is 6.10 Å². The fourth-order valence-electron chi connectivity index (χ4n) is 2.65. The van der Waals surface area contributed by atoms with E-state index in [4.69, 9.17) is 32.7 Å². The van der Waals surface area contributed by atoms with Crippen LogP contribution in [0.3, 0.4) is 0 Å². The van der Waals surface area contributed by atoms with Crippen molar-refractivity contribution in [1.82, 2.24) is 0 Å². The lowest BCUT2D eigenvalue weighted by Gasteiger charge is -2.21. The third-order valence-corrected chi connectivity index (χ3v) is 4.45. The number of carbonyl (C=O) groups excluding carboxylic acids is 1. The maximum atomic E-state index is 13.1. The zero-order valence-corrected chi connectivity index (χ0v) is 16.7. The second-order valence-electron chi connectivity index (χ2n) is 5.90. The minimum absolute atomic E-state index is 0.330. The molecule has 0 unspecified atom stereocenters. The van der Waals surface area contributed by atoms with Crippen molar-refractivity contribution in [2.24, 2.45) is 0 Å². The van der Waals surface area contributed by atoms with Gasteiger partial charge >= 0.3 is 0 Å². The van der Waals surface area contributed by atoms with Crippen molar-refractivity contribution in [3.05, 3.63) is 88.4 Å². The van der Waals surface area contributed by atoms with E-state index in [1.165, 1.54) is 0 Å². The zero-order chi connectivity index (χ0) is 19.9. The molecule has 0 heterocycles. The number of rotatable bonds is 7. The van der Waals surface area contributed by atoms with Crippen LogP contribution in [-0.2, 0) is 4.79 Å². The maximum Gasteiger partial charge on any atom is 0.270 e. The molecule has 3 aromatic rings. The number of benzene rings is 3. The summed E-state index contributed by atoms with van der Waals surface area (Å²) >= 11 is 12.2. The molecule has 0 radical (unpaired) electrons. The van der Waals surface area contributed by atoms with Crippen molar-refractivity contribution in [1.29, 1.82) is 0 Å². The van der Waals surface area contributed by atoms with Gasteiger partial charge in [0.2, 0.25) is 6.10 Å². The van der Waals surface area contributed by atoms with E-state index in [-0.39, 0.29) is 5.91 Å². The van der Waals surface area contributed by atoms with Crippen molar-refractivity contribution < 1.29 is 14.3 Å². The zero-order valence-electron chi connectivity index (χ0n) is 15.2. The van der Waals surface area contributed by atoms with E-state index in [2.05, 4.69) is 5.32 Å². The molecular weight excluding hydrogens is 397 g/mol. The molecule has 0 saturated carbocycles. The first-order valence-corrected chi connectivity index (χ1v) is 9.53. The number of hydrogen-bond donors (Lipinski definition) is 1. The van der Waals surface area contributed by atoms with Gasteiger partial charge in [-0.15, -0.1) is 0 Å². The monoisotopic (exact) mass is 415 g/mol. The highest BCUT2D eigenvalue weighted by atomic mass is 35.5. The highest BCUT2D eigenvalue weighted by Crippen LogP contribution is 2.33. The summed E-state index contributed by atoms with van der Waals surface area (Å²) in [6, 6.07) is 21.3. The molecule has 144 valence electrons. The average Bonchev–Trinajstić information content (AvgIpc) is 2.69. The van der Waals surface area contributed by atoms with E-state index in [0.29, 0.717) is 39.4 Å². The molecule has 0 fully saturated rings. The van der Waals surface area contributed by atoms with Gasteiger partial charge in [-0.25, -0.2) is 0 Å². The summed E-state index contributed by atoms with van der Waals surface area (Å²) in [6.07, 6.45) is -0.908. The molecule has 28 heavy (non-hydrogen) atoms. The molecule has 0 spiro atoms. The predicted octanol–water partition coefficient (Wildman–Crippen LogP) is 6.15. The Morgan fingerprint density at radius 2 is 1.68 bits per heavy atom. The minimum atomic E-state index is -0.908. The van der Waals surface area contributed by atoms with Crippen LogP contribution >= 0.6 is 23.2 Å². The third kappa shape index (κ3) is 4.97. The number of anilines is 1. The molecule has 0 saturated heterocycles. The van der Waals surface area contributed by atoms with Crippen molar-refractivity contribution in [2.75, 3.05) is 11.9 Å². The summed E-state index contributed by atoms with van der Waals surface area (Å²) < 4.78 is 11.6. The van der Waals surface area contributed by atoms with Crippen LogP contribution in [0, 0.1) is 0 Å². The second-order valence-corrected chi connectivity index (χ2v) is 6.75. The Labute approximate surface area is 174 Å². The molecule has 0 aliphatic heterocycles. The predicted molar refractivity (Wildman–Crippen MR) is 113 cm³/mol. The molecule has 1 amide bonds. The van der Waals surface area contributed by atoms with Crippen molar-refractivity contribution in [3.63, 3.8) is 0 Å². The summed E-state index contributed by atoms with van der Waals surface area (Å²) in [4.78, 5) is 13.1. The standard InChI is InChI=1S/C22H19Cl2NO3/c1-2-27-20-11-7-6-10-18(20)25-22(26)21(15-8-4-3-5-9-15)28-19-13-12-16(23)14-17(19)24/h3-14,21H,2H2,1H3,(H,25,26)/t21-/m0/s1. The fourth-order valence-corrected chi connectivity index (χ4v) is 3.10. The van der Waals surface area contributed by atoms with Crippen LogP contribution in [0.4, 0.5) is 5.69 Å². The summed E-state index contributed by atoms with van der Waals surface area (Å²) in [5, 5.41) is 3.71. The Bertz CT molecular complexity index is 948. The lowest BCUT2D eigenvalue weighted by molar-refractivity contribution is -0.123. The summed E-state index contributed by atoms with van der Waals surface area (Å²) in [5.41, 5.74) is 1.26. The molecule has 3 rings (SSSR count). The lowest BCUT2D eigenvalue weighted by Crippen LogP contribution is -2.26. The number of hydrogen-bond acceptors (Lipinski definition) is 3. The quantitative estimate of drug-likeness (QED) is 0.503. The summed E-state index contributed by atoms with van der Waals surface area (Å²) in [7, 11) is 0. The van der Waals surface area contributed by atoms with Gasteiger partial charge in [-0.3, -0.25) is 4.79 Å². The minimum Gasteiger partial charge on any atom is -0.492 e. The molecule has 0 bridgehead atoms. The second kappa shape index (κ2) is 9.49. The number of nitrogens with one attached hydrogen (secondary N) is 1. The summed E-state index contributed by atoms with van der Waals surface area (Å²) in [6.45, 7) is 2.38. The van der Waals surface area contributed by atoms with Crippen LogP contribution in [0.1, 0.15) is 18.6 Å². The SMILES string of the molecule is CCOc1ccccc1NC(=O)[C@@H](Oc1ccc(Cl)cc1Cl)c1ccccc1. The first-order chi connectivity index (χ1) is 13.6. The molecular formula is C22H19Cl2NO3. The Morgan fingerprint density at radius 1 is 0.964 bits per heavy atom. The Morgan fingerprint density at radius 3 is 2.39 bits per heavy atom. The van der Waals surface area contributed by atoms with Gasteiger partial charge in [-0.2, -0.15) is 0 Å². The fraction of sp³-hybridized carbons (Fsp3) is 0.136. The number of amides is 1. The topological polar surface area (TPSA) is 47.6 Å². The van der Waals surface area contributed by atoms with Crippen molar-refractivity contribution in [3.8, 4) is 11.5 Å². The Kier molecular flexibility index (Phi) is 6.80. The smallest absolute Gasteiger partial charge is 0.270 e. The number of para-hydroxylation sites is 2. The normalized spacial score (nSPS) is 11.5. The Balaban J connectivity index is 1.90. The van der Waals surface area contributed by atoms with E-state index >= 15 is 0 Å². The third-order valence-electron chi connectivity index (χ3n) is 3.92. The van der Waals surface area contributed by atoms with Gasteiger partial charge in [0.05, 0.1) is 17.3 Å². The van der Waals surface area contributed by atoms with Crippen LogP contribution in [0.2, 0.25) is 10.0 Å². The first-order valence-electron chi connectivity index (χ1n) is 8.78. The van der Waals surface area contributed by atoms with Crippen LogP contribution in [0.15, 0.2) is 72.8 Å². The van der Waals surface area contributed by atoms with Gasteiger partial charge in [-0.05, 0) is 37.3 Å². The van der Waals surface area contributed by atoms with Gasteiger partial charge in [0, 0.05) is 10.6 Å². The number of carbonyl (C=O) groups is 1. The molecule has 1 atom stereocenters. The van der Waals surface area contributed by atoms with Crippen molar-refractivity contribution >= 4 is 34.8 Å². The molecule has 0 aliphatic rings. The van der Waals surface area contributed by atoms with Gasteiger partial charge in [0.25, 0.3) is 5.91 Å². The van der Waals surface area contributed by atoms with Gasteiger partial charge < -0.3 is 14.8 Å². The van der Waals surface area contributed by atoms with Crippen LogP contribution in [0.5, 0.6) is 11.5 Å². The van der Waals surface area contributed by atoms with Gasteiger partial charge in [0.1, 0.15) is 11.5 Å². The highest BCUT2D eigenvalue weighted by Gasteiger charge is 2.24. The molecule has 4 nitrogen and oxygen atoms in total. The lowest BCUT2D eigenvalue weighted by atomic mass is 10.1. The molecule has 0 aromatic heterocycles. The molecule has 0 aliphatic carbocycles. The van der Waals surface area contributed by atoms with Crippen LogP contribution in [0.25, 0.3) is 0 Å².